The summed E-state index contributed by atoms with van der Waals surface area (Å²) in [7, 11) is 0. The average Bonchev–Trinajstić information content (AvgIpc) is 2.78. The predicted molar refractivity (Wildman–Crippen MR) is 79.5 cm³/mol. The highest BCUT2D eigenvalue weighted by molar-refractivity contribution is 9.10. The van der Waals surface area contributed by atoms with Gasteiger partial charge in [0.05, 0.1) is 4.92 Å². The van der Waals surface area contributed by atoms with Gasteiger partial charge in [0, 0.05) is 35.6 Å². The van der Waals surface area contributed by atoms with Crippen molar-refractivity contribution in [2.45, 2.75) is 38.8 Å². The van der Waals surface area contributed by atoms with Gasteiger partial charge in [0.2, 0.25) is 0 Å². The molecule has 20 heavy (non-hydrogen) atoms. The van der Waals surface area contributed by atoms with Crippen LogP contribution in [-0.4, -0.2) is 28.2 Å². The zero-order valence-electron chi connectivity index (χ0n) is 11.3. The van der Waals surface area contributed by atoms with Crippen molar-refractivity contribution in [3.8, 4) is 0 Å². The van der Waals surface area contributed by atoms with Crippen molar-refractivity contribution >= 4 is 27.4 Å². The lowest BCUT2D eigenvalue weighted by Gasteiger charge is -2.24. The molecule has 0 bridgehead atoms. The number of hydrogen-bond acceptors (Lipinski definition) is 4. The van der Waals surface area contributed by atoms with E-state index in [0.29, 0.717) is 12.5 Å². The number of ketones is 1. The number of nitro benzene ring substituents is 1. The molecule has 1 heterocycles. The van der Waals surface area contributed by atoms with Crippen molar-refractivity contribution in [3.05, 3.63) is 38.3 Å². The molecule has 1 aliphatic heterocycles. The fraction of sp³-hybridized carbons (Fsp3) is 0.500. The lowest BCUT2D eigenvalue weighted by Crippen LogP contribution is -2.30. The Morgan fingerprint density at radius 1 is 1.55 bits per heavy atom. The summed E-state index contributed by atoms with van der Waals surface area (Å²) in [6.07, 6.45) is 2.73. The Bertz CT molecular complexity index is 533. The van der Waals surface area contributed by atoms with Gasteiger partial charge in [-0.25, -0.2) is 0 Å². The number of non-ortho nitro benzene ring substituents is 1. The van der Waals surface area contributed by atoms with E-state index in [1.165, 1.54) is 12.1 Å². The number of hydrogen-bond donors (Lipinski definition) is 0. The number of likely N-dealkylation sites (tertiary alicyclic amines) is 1. The van der Waals surface area contributed by atoms with Crippen molar-refractivity contribution < 1.29 is 9.72 Å². The van der Waals surface area contributed by atoms with Crippen LogP contribution in [0.3, 0.4) is 0 Å². The molecule has 0 amide bonds. The van der Waals surface area contributed by atoms with Crippen LogP contribution in [0, 0.1) is 10.1 Å². The fourth-order valence-corrected chi connectivity index (χ4v) is 3.16. The third-order valence-corrected chi connectivity index (χ3v) is 4.38. The largest absolute Gasteiger partial charge is 0.300 e. The molecule has 1 aromatic rings. The standard InChI is InChI=1S/C14H17BrN2O3/c1-10(18)7-12-3-2-6-16(12)9-11-4-5-13(17(19)20)8-14(11)15/h4-5,8,12H,2-3,6-7,9H2,1H3. The molecule has 0 radical (unpaired) electrons. The Morgan fingerprint density at radius 2 is 2.30 bits per heavy atom. The van der Waals surface area contributed by atoms with E-state index >= 15 is 0 Å². The van der Waals surface area contributed by atoms with Gasteiger partial charge in [-0.1, -0.05) is 15.9 Å². The van der Waals surface area contributed by atoms with Gasteiger partial charge in [-0.15, -0.1) is 0 Å². The molecule has 1 unspecified atom stereocenters. The Balaban J connectivity index is 2.09. The van der Waals surface area contributed by atoms with Gasteiger partial charge in [-0.2, -0.15) is 0 Å². The van der Waals surface area contributed by atoms with E-state index in [1.54, 1.807) is 13.0 Å². The van der Waals surface area contributed by atoms with Gasteiger partial charge < -0.3 is 0 Å². The van der Waals surface area contributed by atoms with Gasteiger partial charge in [-0.05, 0) is 37.9 Å². The molecule has 6 heteroatoms. The number of rotatable bonds is 5. The van der Waals surface area contributed by atoms with E-state index < -0.39 is 4.92 Å². The number of carbonyl (C=O) groups is 1. The molecule has 0 aliphatic carbocycles. The van der Waals surface area contributed by atoms with Crippen molar-refractivity contribution in [2.24, 2.45) is 0 Å². The molecule has 108 valence electrons. The molecule has 1 atom stereocenters. The Labute approximate surface area is 126 Å². The van der Waals surface area contributed by atoms with Crippen molar-refractivity contribution in [1.82, 2.24) is 4.90 Å². The number of benzene rings is 1. The van der Waals surface area contributed by atoms with Gasteiger partial charge in [0.25, 0.3) is 5.69 Å². The molecule has 0 aromatic heterocycles. The smallest absolute Gasteiger partial charge is 0.270 e. The molecule has 0 saturated carbocycles. The average molecular weight is 341 g/mol. The second-order valence-electron chi connectivity index (χ2n) is 5.21. The first-order valence-electron chi connectivity index (χ1n) is 6.63. The predicted octanol–water partition coefficient (Wildman–Crippen LogP) is 3.30. The number of nitrogens with zero attached hydrogens (tertiary/aromatic N) is 2. The summed E-state index contributed by atoms with van der Waals surface area (Å²) in [5.41, 5.74) is 1.10. The third-order valence-electron chi connectivity index (χ3n) is 3.64. The Hall–Kier alpha value is -1.27. The molecule has 5 nitrogen and oxygen atoms in total. The van der Waals surface area contributed by atoms with Crippen LogP contribution in [0.1, 0.15) is 31.7 Å². The van der Waals surface area contributed by atoms with Crippen LogP contribution in [0.5, 0.6) is 0 Å². The minimum absolute atomic E-state index is 0.0855. The highest BCUT2D eigenvalue weighted by Crippen LogP contribution is 2.28. The maximum atomic E-state index is 11.3. The molecule has 0 spiro atoms. The minimum Gasteiger partial charge on any atom is -0.300 e. The van der Waals surface area contributed by atoms with Crippen LogP contribution in [0.2, 0.25) is 0 Å². The first kappa shape index (κ1) is 15.1. The minimum atomic E-state index is -0.400. The van der Waals surface area contributed by atoms with Crippen LogP contribution in [0.15, 0.2) is 22.7 Å². The molecule has 0 N–H and O–H groups in total. The molecule has 2 rings (SSSR count). The van der Waals surface area contributed by atoms with Gasteiger partial charge in [-0.3, -0.25) is 19.8 Å². The van der Waals surface area contributed by atoms with Crippen LogP contribution in [-0.2, 0) is 11.3 Å². The summed E-state index contributed by atoms with van der Waals surface area (Å²) in [5.74, 6) is 0.213. The quantitative estimate of drug-likeness (QED) is 0.609. The number of Topliss-reactive ketones (excluding diaryl/α,β-unsaturated/α-hetero) is 1. The Morgan fingerprint density at radius 3 is 2.90 bits per heavy atom. The first-order valence-corrected chi connectivity index (χ1v) is 7.43. The number of carbonyl (C=O) groups excluding carboxylic acids is 1. The monoisotopic (exact) mass is 340 g/mol. The molecular formula is C14H17BrN2O3. The lowest BCUT2D eigenvalue weighted by atomic mass is 10.1. The summed E-state index contributed by atoms with van der Waals surface area (Å²) in [6, 6.07) is 5.14. The van der Waals surface area contributed by atoms with Crippen molar-refractivity contribution in [3.63, 3.8) is 0 Å². The van der Waals surface area contributed by atoms with Crippen molar-refractivity contribution in [1.29, 1.82) is 0 Å². The van der Waals surface area contributed by atoms with Gasteiger partial charge in [0.15, 0.2) is 0 Å². The first-order chi connectivity index (χ1) is 9.47. The zero-order valence-corrected chi connectivity index (χ0v) is 12.9. The van der Waals surface area contributed by atoms with Crippen LogP contribution in [0.25, 0.3) is 0 Å². The number of nitro groups is 1. The highest BCUT2D eigenvalue weighted by Gasteiger charge is 2.26. The molecule has 1 aromatic carbocycles. The lowest BCUT2D eigenvalue weighted by molar-refractivity contribution is -0.384. The normalized spacial score (nSPS) is 19.2. The van der Waals surface area contributed by atoms with Crippen LogP contribution >= 0.6 is 15.9 Å². The van der Waals surface area contributed by atoms with E-state index in [0.717, 1.165) is 36.0 Å². The van der Waals surface area contributed by atoms with Gasteiger partial charge >= 0.3 is 0 Å². The topological polar surface area (TPSA) is 63.5 Å². The second kappa shape index (κ2) is 6.45. The second-order valence-corrected chi connectivity index (χ2v) is 6.06. The van der Waals surface area contributed by atoms with Crippen LogP contribution in [0.4, 0.5) is 5.69 Å². The fourth-order valence-electron chi connectivity index (χ4n) is 2.66. The van der Waals surface area contributed by atoms with E-state index in [9.17, 15) is 14.9 Å². The zero-order chi connectivity index (χ0) is 14.7. The van der Waals surface area contributed by atoms with E-state index in [1.807, 2.05) is 0 Å². The van der Waals surface area contributed by atoms with E-state index in [2.05, 4.69) is 20.8 Å². The van der Waals surface area contributed by atoms with Gasteiger partial charge in [0.1, 0.15) is 5.78 Å². The molecule has 1 aliphatic rings. The summed E-state index contributed by atoms with van der Waals surface area (Å²) >= 11 is 3.40. The molecule has 1 fully saturated rings. The SMILES string of the molecule is CC(=O)CC1CCCN1Cc1ccc([N+](=O)[O-])cc1Br. The third kappa shape index (κ3) is 3.64. The maximum Gasteiger partial charge on any atom is 0.270 e. The van der Waals surface area contributed by atoms with E-state index in [4.69, 9.17) is 0 Å². The van der Waals surface area contributed by atoms with Crippen LogP contribution < -0.4 is 0 Å². The van der Waals surface area contributed by atoms with Crippen molar-refractivity contribution in [2.75, 3.05) is 6.54 Å². The summed E-state index contributed by atoms with van der Waals surface area (Å²) in [5, 5.41) is 10.7. The Kier molecular flexibility index (Phi) is 4.88. The summed E-state index contributed by atoms with van der Waals surface area (Å²) < 4.78 is 0.750. The molecular weight excluding hydrogens is 324 g/mol. The summed E-state index contributed by atoms with van der Waals surface area (Å²) in [4.78, 5) is 23.9. The van der Waals surface area contributed by atoms with E-state index in [-0.39, 0.29) is 11.5 Å². The highest BCUT2D eigenvalue weighted by atomic mass is 79.9. The summed E-state index contributed by atoms with van der Waals surface area (Å²) in [6.45, 7) is 3.32. The molecule has 1 saturated heterocycles. The number of halogens is 1. The maximum absolute atomic E-state index is 11.3.